The van der Waals surface area contributed by atoms with Crippen LogP contribution in [-0.4, -0.2) is 21.8 Å². The highest BCUT2D eigenvalue weighted by atomic mass is 19.1. The first-order valence-electron chi connectivity index (χ1n) is 5.57. The fourth-order valence-electron chi connectivity index (χ4n) is 1.84. The van der Waals surface area contributed by atoms with Crippen LogP contribution in [0.25, 0.3) is 0 Å². The minimum Gasteiger partial charge on any atom is -0.313 e. The van der Waals surface area contributed by atoms with Crippen molar-refractivity contribution in [2.75, 3.05) is 7.05 Å². The summed E-state index contributed by atoms with van der Waals surface area (Å²) in [7, 11) is 3.46. The summed E-state index contributed by atoms with van der Waals surface area (Å²) in [6, 6.07) is 3.09. The number of nitrogens with zero attached hydrogens (tertiary/aromatic N) is 3. The Labute approximate surface area is 104 Å². The summed E-state index contributed by atoms with van der Waals surface area (Å²) in [5, 5.41) is 6.91. The van der Waals surface area contributed by atoms with E-state index in [9.17, 15) is 8.78 Å². The van der Waals surface area contributed by atoms with Crippen molar-refractivity contribution in [3.8, 4) is 0 Å². The van der Waals surface area contributed by atoms with Crippen LogP contribution in [0.15, 0.2) is 24.5 Å². The van der Waals surface area contributed by atoms with Crippen LogP contribution in [0, 0.1) is 11.6 Å². The molecule has 18 heavy (non-hydrogen) atoms. The lowest BCUT2D eigenvalue weighted by molar-refractivity contribution is 0.506. The number of halogens is 2. The zero-order chi connectivity index (χ0) is 13.1. The maximum Gasteiger partial charge on any atom is 0.138 e. The Kier molecular flexibility index (Phi) is 3.66. The number of hydrogen-bond acceptors (Lipinski definition) is 3. The minimum atomic E-state index is -0.454. The van der Waals surface area contributed by atoms with Gasteiger partial charge in [0.1, 0.15) is 23.8 Å². The molecule has 0 radical (unpaired) electrons. The van der Waals surface area contributed by atoms with E-state index in [0.717, 1.165) is 12.1 Å². The third-order valence-corrected chi connectivity index (χ3v) is 2.87. The molecule has 0 amide bonds. The number of hydrogen-bond donors (Lipinski definition) is 1. The van der Waals surface area contributed by atoms with E-state index in [4.69, 9.17) is 0 Å². The average molecular weight is 252 g/mol. The molecule has 1 unspecified atom stereocenters. The van der Waals surface area contributed by atoms with Crippen LogP contribution in [-0.2, 0) is 13.5 Å². The van der Waals surface area contributed by atoms with Gasteiger partial charge in [-0.05, 0) is 25.2 Å². The SMILES string of the molecule is CNC(Cc1ncnn1C)c1cc(F)ccc1F. The first-order valence-corrected chi connectivity index (χ1v) is 5.57. The number of rotatable bonds is 4. The van der Waals surface area contributed by atoms with Crippen LogP contribution >= 0.6 is 0 Å². The summed E-state index contributed by atoms with van der Waals surface area (Å²) in [5.74, 6) is -0.180. The Balaban J connectivity index is 2.28. The van der Waals surface area contributed by atoms with Gasteiger partial charge >= 0.3 is 0 Å². The molecule has 96 valence electrons. The Bertz CT molecular complexity index is 539. The van der Waals surface area contributed by atoms with Crippen molar-refractivity contribution in [2.45, 2.75) is 12.5 Å². The summed E-state index contributed by atoms with van der Waals surface area (Å²) in [6.45, 7) is 0. The van der Waals surface area contributed by atoms with E-state index in [1.807, 2.05) is 0 Å². The molecule has 2 aromatic rings. The van der Waals surface area contributed by atoms with E-state index >= 15 is 0 Å². The maximum absolute atomic E-state index is 13.7. The number of aryl methyl sites for hydroxylation is 1. The topological polar surface area (TPSA) is 42.7 Å². The van der Waals surface area contributed by atoms with E-state index in [1.165, 1.54) is 12.4 Å². The second-order valence-electron chi connectivity index (χ2n) is 4.01. The van der Waals surface area contributed by atoms with Gasteiger partial charge in [-0.25, -0.2) is 13.8 Å². The quantitative estimate of drug-likeness (QED) is 0.898. The molecule has 1 atom stereocenters. The van der Waals surface area contributed by atoms with Gasteiger partial charge in [0.2, 0.25) is 0 Å². The molecular formula is C12H14F2N4. The van der Waals surface area contributed by atoms with E-state index in [1.54, 1.807) is 18.8 Å². The molecule has 0 saturated carbocycles. The van der Waals surface area contributed by atoms with Crippen LogP contribution in [0.1, 0.15) is 17.4 Å². The molecule has 1 N–H and O–H groups in total. The van der Waals surface area contributed by atoms with Gasteiger partial charge < -0.3 is 5.32 Å². The predicted molar refractivity (Wildman–Crippen MR) is 62.9 cm³/mol. The van der Waals surface area contributed by atoms with Crippen molar-refractivity contribution in [1.82, 2.24) is 20.1 Å². The van der Waals surface area contributed by atoms with E-state index in [2.05, 4.69) is 15.4 Å². The van der Waals surface area contributed by atoms with Gasteiger partial charge in [0.05, 0.1) is 0 Å². The Morgan fingerprint density at radius 3 is 2.78 bits per heavy atom. The molecule has 0 fully saturated rings. The van der Waals surface area contributed by atoms with Crippen molar-refractivity contribution in [1.29, 1.82) is 0 Å². The van der Waals surface area contributed by atoms with Crippen molar-refractivity contribution in [3.05, 3.63) is 47.5 Å². The molecule has 1 aromatic carbocycles. The lowest BCUT2D eigenvalue weighted by Gasteiger charge is -2.16. The first kappa shape index (κ1) is 12.6. The lowest BCUT2D eigenvalue weighted by atomic mass is 10.0. The monoisotopic (exact) mass is 252 g/mol. The second kappa shape index (κ2) is 5.22. The highest BCUT2D eigenvalue weighted by Crippen LogP contribution is 2.21. The number of aromatic nitrogens is 3. The molecule has 0 aliphatic rings. The van der Waals surface area contributed by atoms with E-state index in [0.29, 0.717) is 17.8 Å². The minimum absolute atomic E-state index is 0.292. The molecule has 0 bridgehead atoms. The zero-order valence-electron chi connectivity index (χ0n) is 10.2. The summed E-state index contributed by atoms with van der Waals surface area (Å²) < 4.78 is 28.5. The summed E-state index contributed by atoms with van der Waals surface area (Å²) in [6.07, 6.45) is 1.87. The lowest BCUT2D eigenvalue weighted by Crippen LogP contribution is -2.22. The van der Waals surface area contributed by atoms with Gasteiger partial charge in [-0.15, -0.1) is 0 Å². The summed E-state index contributed by atoms with van der Waals surface area (Å²) in [5.41, 5.74) is 0.292. The fourth-order valence-corrected chi connectivity index (χ4v) is 1.84. The van der Waals surface area contributed by atoms with Gasteiger partial charge in [0.25, 0.3) is 0 Å². The predicted octanol–water partition coefficient (Wildman–Crippen LogP) is 1.60. The normalized spacial score (nSPS) is 12.7. The smallest absolute Gasteiger partial charge is 0.138 e. The van der Waals surface area contributed by atoms with Crippen LogP contribution < -0.4 is 5.32 Å². The van der Waals surface area contributed by atoms with Gasteiger partial charge in [0, 0.05) is 25.1 Å². The van der Waals surface area contributed by atoms with Gasteiger partial charge in [-0.2, -0.15) is 5.10 Å². The highest BCUT2D eigenvalue weighted by molar-refractivity contribution is 5.23. The van der Waals surface area contributed by atoms with Gasteiger partial charge in [-0.3, -0.25) is 4.68 Å². The fraction of sp³-hybridized carbons (Fsp3) is 0.333. The zero-order valence-corrected chi connectivity index (χ0v) is 10.2. The summed E-state index contributed by atoms with van der Waals surface area (Å²) >= 11 is 0. The number of benzene rings is 1. The molecule has 0 aliphatic heterocycles. The Morgan fingerprint density at radius 1 is 1.39 bits per heavy atom. The molecule has 2 rings (SSSR count). The van der Waals surface area contributed by atoms with Crippen molar-refractivity contribution >= 4 is 0 Å². The average Bonchev–Trinajstić information content (AvgIpc) is 2.75. The van der Waals surface area contributed by atoms with Crippen LogP contribution in [0.3, 0.4) is 0 Å². The van der Waals surface area contributed by atoms with Crippen LogP contribution in [0.4, 0.5) is 8.78 Å². The molecule has 1 aromatic heterocycles. The molecule has 6 heteroatoms. The van der Waals surface area contributed by atoms with E-state index < -0.39 is 11.6 Å². The van der Waals surface area contributed by atoms with Gasteiger partial charge in [0.15, 0.2) is 0 Å². The van der Waals surface area contributed by atoms with Crippen molar-refractivity contribution in [3.63, 3.8) is 0 Å². The third kappa shape index (κ3) is 2.53. The summed E-state index contributed by atoms with van der Waals surface area (Å²) in [4.78, 5) is 4.08. The molecule has 4 nitrogen and oxygen atoms in total. The number of likely N-dealkylation sites (N-methyl/N-ethyl adjacent to an activating group) is 1. The molecule has 0 aliphatic carbocycles. The second-order valence-corrected chi connectivity index (χ2v) is 4.01. The molecule has 1 heterocycles. The standard InChI is InChI=1S/C12H14F2N4/c1-15-11(6-12-16-7-17-18(12)2)9-5-8(13)3-4-10(9)14/h3-5,7,11,15H,6H2,1-2H3. The van der Waals surface area contributed by atoms with Crippen molar-refractivity contribution in [2.24, 2.45) is 7.05 Å². The first-order chi connectivity index (χ1) is 8.61. The van der Waals surface area contributed by atoms with E-state index in [-0.39, 0.29) is 6.04 Å². The Hall–Kier alpha value is -1.82. The Morgan fingerprint density at radius 2 is 2.17 bits per heavy atom. The van der Waals surface area contributed by atoms with Crippen LogP contribution in [0.5, 0.6) is 0 Å². The maximum atomic E-state index is 13.7. The third-order valence-electron chi connectivity index (χ3n) is 2.87. The van der Waals surface area contributed by atoms with Crippen molar-refractivity contribution < 1.29 is 8.78 Å². The largest absolute Gasteiger partial charge is 0.313 e. The molecular weight excluding hydrogens is 238 g/mol. The molecule has 0 spiro atoms. The van der Waals surface area contributed by atoms with Gasteiger partial charge in [-0.1, -0.05) is 0 Å². The highest BCUT2D eigenvalue weighted by Gasteiger charge is 2.17. The van der Waals surface area contributed by atoms with Crippen LogP contribution in [0.2, 0.25) is 0 Å². The number of nitrogens with one attached hydrogen (secondary N) is 1. The molecule has 0 saturated heterocycles.